The molecule has 0 saturated heterocycles. The normalized spacial score (nSPS) is 14.7. The van der Waals surface area contributed by atoms with Gasteiger partial charge in [0.25, 0.3) is 0 Å². The van der Waals surface area contributed by atoms with Gasteiger partial charge in [0.2, 0.25) is 0 Å². The number of thiazole rings is 1. The average molecular weight is 282 g/mol. The Morgan fingerprint density at radius 3 is 2.89 bits per heavy atom. The molecule has 2 aromatic rings. The summed E-state index contributed by atoms with van der Waals surface area (Å²) in [6.45, 7) is 0. The minimum Gasteiger partial charge on any atom is -0.293 e. The fraction of sp³-hybridized carbons (Fsp3) is 0.231. The van der Waals surface area contributed by atoms with E-state index in [1.54, 1.807) is 12.1 Å². The Hall–Kier alpha value is -1.26. The molecule has 0 N–H and O–H groups in total. The molecule has 1 aromatic carbocycles. The second-order valence-electron chi connectivity index (χ2n) is 4.17. The van der Waals surface area contributed by atoms with Gasteiger partial charge in [0, 0.05) is 6.42 Å². The third-order valence-electron chi connectivity index (χ3n) is 2.94. The first-order chi connectivity index (χ1) is 8.66. The van der Waals surface area contributed by atoms with E-state index in [-0.39, 0.29) is 5.78 Å². The van der Waals surface area contributed by atoms with Crippen molar-refractivity contribution < 1.29 is 9.18 Å². The summed E-state index contributed by atoms with van der Waals surface area (Å²) in [5.41, 5.74) is 1.08. The molecule has 0 aliphatic heterocycles. The van der Waals surface area contributed by atoms with Crippen LogP contribution in [0.4, 0.5) is 4.39 Å². The van der Waals surface area contributed by atoms with E-state index in [1.807, 2.05) is 0 Å². The first-order valence-corrected chi connectivity index (χ1v) is 6.83. The number of aryl methyl sites for hydroxylation is 1. The van der Waals surface area contributed by atoms with Crippen LogP contribution in [0.15, 0.2) is 18.2 Å². The van der Waals surface area contributed by atoms with Gasteiger partial charge in [-0.2, -0.15) is 0 Å². The van der Waals surface area contributed by atoms with E-state index >= 15 is 0 Å². The van der Waals surface area contributed by atoms with Gasteiger partial charge in [0.1, 0.15) is 10.8 Å². The minimum absolute atomic E-state index is 0.104. The fourth-order valence-electron chi connectivity index (χ4n) is 2.08. The lowest BCUT2D eigenvalue weighted by molar-refractivity contribution is 0.0976. The molecular formula is C13H9ClFNOS. The third-order valence-corrected chi connectivity index (χ3v) is 4.42. The Bertz CT molecular complexity index is 618. The predicted octanol–water partition coefficient (Wildman–Crippen LogP) is 4.12. The van der Waals surface area contributed by atoms with Crippen molar-refractivity contribution in [3.8, 4) is 10.6 Å². The smallest absolute Gasteiger partial charge is 0.174 e. The van der Waals surface area contributed by atoms with Gasteiger partial charge in [-0.15, -0.1) is 11.3 Å². The summed E-state index contributed by atoms with van der Waals surface area (Å²) in [6, 6.07) is 4.53. The van der Waals surface area contributed by atoms with Gasteiger partial charge < -0.3 is 0 Å². The SMILES string of the molecule is O=C1CCCc2nc(-c3c(F)cccc3Cl)sc21. The van der Waals surface area contributed by atoms with Crippen LogP contribution in [0.5, 0.6) is 0 Å². The van der Waals surface area contributed by atoms with Crippen LogP contribution in [-0.2, 0) is 6.42 Å². The fourth-order valence-corrected chi connectivity index (χ4v) is 3.53. The monoisotopic (exact) mass is 281 g/mol. The number of benzene rings is 1. The van der Waals surface area contributed by atoms with Crippen molar-refractivity contribution in [3.05, 3.63) is 39.6 Å². The molecule has 1 aliphatic rings. The summed E-state index contributed by atoms with van der Waals surface area (Å²) in [5, 5.41) is 0.826. The van der Waals surface area contributed by atoms with Crippen LogP contribution in [0.3, 0.4) is 0 Å². The van der Waals surface area contributed by atoms with Gasteiger partial charge in [-0.25, -0.2) is 9.37 Å². The summed E-state index contributed by atoms with van der Waals surface area (Å²) in [7, 11) is 0. The molecule has 0 saturated carbocycles. The lowest BCUT2D eigenvalue weighted by Crippen LogP contribution is -2.07. The first kappa shape index (κ1) is 11.8. The molecule has 1 heterocycles. The summed E-state index contributed by atoms with van der Waals surface area (Å²) in [4.78, 5) is 16.8. The molecule has 0 fully saturated rings. The van der Waals surface area contributed by atoms with Gasteiger partial charge in [0.05, 0.1) is 21.2 Å². The second kappa shape index (κ2) is 4.44. The lowest BCUT2D eigenvalue weighted by atomic mass is 10.0. The molecule has 92 valence electrons. The van der Waals surface area contributed by atoms with E-state index in [2.05, 4.69) is 4.98 Å². The molecule has 0 spiro atoms. The van der Waals surface area contributed by atoms with E-state index in [0.29, 0.717) is 26.9 Å². The highest BCUT2D eigenvalue weighted by molar-refractivity contribution is 7.17. The third kappa shape index (κ3) is 1.85. The number of carbonyl (C=O) groups excluding carboxylic acids is 1. The zero-order valence-electron chi connectivity index (χ0n) is 9.37. The van der Waals surface area contributed by atoms with Crippen LogP contribution >= 0.6 is 22.9 Å². The van der Waals surface area contributed by atoms with Crippen molar-refractivity contribution in [2.24, 2.45) is 0 Å². The number of hydrogen-bond acceptors (Lipinski definition) is 3. The van der Waals surface area contributed by atoms with E-state index < -0.39 is 5.82 Å². The number of rotatable bonds is 1. The van der Waals surface area contributed by atoms with E-state index in [0.717, 1.165) is 18.5 Å². The zero-order chi connectivity index (χ0) is 12.7. The van der Waals surface area contributed by atoms with E-state index in [4.69, 9.17) is 11.6 Å². The molecule has 5 heteroatoms. The maximum atomic E-state index is 13.8. The Morgan fingerprint density at radius 1 is 1.33 bits per heavy atom. The maximum Gasteiger partial charge on any atom is 0.174 e. The highest BCUT2D eigenvalue weighted by Crippen LogP contribution is 2.37. The van der Waals surface area contributed by atoms with Gasteiger partial charge in [-0.3, -0.25) is 4.79 Å². The quantitative estimate of drug-likeness (QED) is 0.787. The lowest BCUT2D eigenvalue weighted by Gasteiger charge is -2.06. The predicted molar refractivity (Wildman–Crippen MR) is 69.8 cm³/mol. The molecule has 0 atom stereocenters. The number of aromatic nitrogens is 1. The van der Waals surface area contributed by atoms with Gasteiger partial charge in [-0.05, 0) is 25.0 Å². The van der Waals surface area contributed by atoms with E-state index in [9.17, 15) is 9.18 Å². The largest absolute Gasteiger partial charge is 0.293 e. The number of hydrogen-bond donors (Lipinski definition) is 0. The number of carbonyl (C=O) groups is 1. The summed E-state index contributed by atoms with van der Waals surface area (Å²) in [6.07, 6.45) is 2.16. The van der Waals surface area contributed by atoms with Crippen molar-refractivity contribution in [1.82, 2.24) is 4.98 Å². The molecule has 0 unspecified atom stereocenters. The highest BCUT2D eigenvalue weighted by atomic mass is 35.5. The van der Waals surface area contributed by atoms with Crippen molar-refractivity contribution >= 4 is 28.7 Å². The van der Waals surface area contributed by atoms with Crippen LogP contribution in [0.2, 0.25) is 5.02 Å². The second-order valence-corrected chi connectivity index (χ2v) is 5.57. The number of nitrogens with zero attached hydrogens (tertiary/aromatic N) is 1. The van der Waals surface area contributed by atoms with Gasteiger partial charge >= 0.3 is 0 Å². The van der Waals surface area contributed by atoms with Crippen LogP contribution < -0.4 is 0 Å². The van der Waals surface area contributed by atoms with Crippen molar-refractivity contribution in [2.45, 2.75) is 19.3 Å². The molecule has 0 bridgehead atoms. The molecule has 18 heavy (non-hydrogen) atoms. The van der Waals surface area contributed by atoms with Crippen molar-refractivity contribution in [2.75, 3.05) is 0 Å². The molecule has 1 aromatic heterocycles. The molecule has 0 amide bonds. The van der Waals surface area contributed by atoms with Crippen LogP contribution in [0, 0.1) is 5.82 Å². The van der Waals surface area contributed by atoms with E-state index in [1.165, 1.54) is 17.4 Å². The van der Waals surface area contributed by atoms with Crippen LogP contribution in [0.1, 0.15) is 28.2 Å². The van der Waals surface area contributed by atoms with Crippen LogP contribution in [0.25, 0.3) is 10.6 Å². The van der Waals surface area contributed by atoms with Crippen LogP contribution in [-0.4, -0.2) is 10.8 Å². The highest BCUT2D eigenvalue weighted by Gasteiger charge is 2.24. The Labute approximate surface area is 112 Å². The van der Waals surface area contributed by atoms with Gasteiger partial charge in [-0.1, -0.05) is 17.7 Å². The molecule has 0 radical (unpaired) electrons. The summed E-state index contributed by atoms with van der Waals surface area (Å²) in [5.74, 6) is -0.298. The van der Waals surface area contributed by atoms with Gasteiger partial charge in [0.15, 0.2) is 5.78 Å². The van der Waals surface area contributed by atoms with Crippen molar-refractivity contribution in [3.63, 3.8) is 0 Å². The molecular weight excluding hydrogens is 273 g/mol. The number of ketones is 1. The molecule has 1 aliphatic carbocycles. The Balaban J connectivity index is 2.16. The summed E-state index contributed by atoms with van der Waals surface area (Å²) >= 11 is 7.25. The minimum atomic E-state index is -0.402. The number of Topliss-reactive ketones (excluding diaryl/α,β-unsaturated/α-hetero) is 1. The maximum absolute atomic E-state index is 13.8. The first-order valence-electron chi connectivity index (χ1n) is 5.64. The summed E-state index contributed by atoms with van der Waals surface area (Å²) < 4.78 is 13.8. The van der Waals surface area contributed by atoms with Crippen molar-refractivity contribution in [1.29, 1.82) is 0 Å². The Kier molecular flexibility index (Phi) is 2.92. The zero-order valence-corrected chi connectivity index (χ0v) is 10.9. The molecule has 3 rings (SSSR count). The standard InChI is InChI=1S/C13H9ClFNOS/c14-7-3-1-4-8(15)11(7)13-16-9-5-2-6-10(17)12(9)18-13/h1,3-4H,2,5-6H2. The average Bonchev–Trinajstić information content (AvgIpc) is 2.74. The number of fused-ring (bicyclic) bond motifs is 1. The topological polar surface area (TPSA) is 30.0 Å². The number of halogens is 2. The Morgan fingerprint density at radius 2 is 2.17 bits per heavy atom. The molecule has 2 nitrogen and oxygen atoms in total.